The highest BCUT2D eigenvalue weighted by molar-refractivity contribution is 5.68. The van der Waals surface area contributed by atoms with Crippen molar-refractivity contribution in [1.29, 1.82) is 0 Å². The molecule has 2 aliphatic carbocycles. The summed E-state index contributed by atoms with van der Waals surface area (Å²) in [6.45, 7) is 4.91. The Bertz CT molecular complexity index is 823. The smallest absolute Gasteiger partial charge is 0.131 e. The Morgan fingerprint density at radius 2 is 1.59 bits per heavy atom. The molecule has 0 N–H and O–H groups in total. The van der Waals surface area contributed by atoms with Gasteiger partial charge in [-0.3, -0.25) is 0 Å². The molecular weight excluding hydrogens is 333 g/mol. The highest BCUT2D eigenvalue weighted by Gasteiger charge is 2.49. The lowest BCUT2D eigenvalue weighted by Gasteiger charge is -2.41. The molecule has 3 fully saturated rings. The zero-order chi connectivity index (χ0) is 18.4. The molecule has 0 aromatic heterocycles. The van der Waals surface area contributed by atoms with Crippen molar-refractivity contribution in [1.82, 2.24) is 4.90 Å². The first-order valence-corrected chi connectivity index (χ1v) is 10.7. The third-order valence-corrected chi connectivity index (χ3v) is 7.68. The van der Waals surface area contributed by atoms with E-state index in [9.17, 15) is 4.39 Å². The highest BCUT2D eigenvalue weighted by Crippen LogP contribution is 2.55. The standard InChI is InChI=1S/C25H30FN/c1-25-13-10-19(16-25)24(17-25)27-14-11-18(12-15-27)20-6-2-3-7-21(20)22-8-4-5-9-23(22)26/h2-9,18-19,24H,10-17H2,1H3/t19?,24-,25?/m0/s1. The van der Waals surface area contributed by atoms with Gasteiger partial charge in [0, 0.05) is 11.6 Å². The number of fused-ring (bicyclic) bond motifs is 2. The molecule has 1 heterocycles. The summed E-state index contributed by atoms with van der Waals surface area (Å²) in [5, 5.41) is 0. The van der Waals surface area contributed by atoms with E-state index in [1.165, 1.54) is 57.2 Å². The molecule has 1 saturated heterocycles. The summed E-state index contributed by atoms with van der Waals surface area (Å²) in [6.07, 6.45) is 8.15. The van der Waals surface area contributed by atoms with Gasteiger partial charge in [-0.1, -0.05) is 49.4 Å². The zero-order valence-electron chi connectivity index (χ0n) is 16.3. The number of hydrogen-bond acceptors (Lipinski definition) is 1. The summed E-state index contributed by atoms with van der Waals surface area (Å²) in [5.74, 6) is 1.38. The van der Waals surface area contributed by atoms with E-state index in [0.29, 0.717) is 11.3 Å². The molecular formula is C25H30FN. The molecule has 0 amide bonds. The molecule has 27 heavy (non-hydrogen) atoms. The summed E-state index contributed by atoms with van der Waals surface area (Å²) >= 11 is 0. The SMILES string of the molecule is CC12CCC(C1)[C@@H](N1CCC(c3ccccc3-c3ccccc3F)CC1)C2. The average Bonchev–Trinajstić information content (AvgIpc) is 3.25. The van der Waals surface area contributed by atoms with Gasteiger partial charge in [0.15, 0.2) is 0 Å². The molecule has 2 aromatic rings. The summed E-state index contributed by atoms with van der Waals surface area (Å²) in [7, 11) is 0. The molecule has 5 rings (SSSR count). The molecule has 1 nitrogen and oxygen atoms in total. The topological polar surface area (TPSA) is 3.24 Å². The van der Waals surface area contributed by atoms with Crippen LogP contribution >= 0.6 is 0 Å². The van der Waals surface area contributed by atoms with E-state index < -0.39 is 0 Å². The third-order valence-electron chi connectivity index (χ3n) is 7.68. The summed E-state index contributed by atoms with van der Waals surface area (Å²) in [5.41, 5.74) is 3.80. The first kappa shape index (κ1) is 17.4. The number of hydrogen-bond donors (Lipinski definition) is 0. The largest absolute Gasteiger partial charge is 0.300 e. The van der Waals surface area contributed by atoms with Gasteiger partial charge in [-0.25, -0.2) is 4.39 Å². The predicted molar refractivity (Wildman–Crippen MR) is 109 cm³/mol. The Hall–Kier alpha value is -1.67. The molecule has 0 spiro atoms. The first-order valence-electron chi connectivity index (χ1n) is 10.7. The van der Waals surface area contributed by atoms with Crippen LogP contribution in [0.5, 0.6) is 0 Å². The second-order valence-electron chi connectivity index (χ2n) is 9.46. The van der Waals surface area contributed by atoms with Crippen molar-refractivity contribution in [3.8, 4) is 11.1 Å². The molecule has 0 radical (unpaired) electrons. The van der Waals surface area contributed by atoms with Crippen molar-refractivity contribution < 1.29 is 4.39 Å². The second kappa shape index (κ2) is 6.74. The molecule has 142 valence electrons. The van der Waals surface area contributed by atoms with Crippen molar-refractivity contribution in [3.63, 3.8) is 0 Å². The fourth-order valence-electron chi connectivity index (χ4n) is 6.30. The molecule has 2 unspecified atom stereocenters. The highest BCUT2D eigenvalue weighted by atomic mass is 19.1. The number of nitrogens with zero attached hydrogens (tertiary/aromatic N) is 1. The van der Waals surface area contributed by atoms with Crippen LogP contribution in [0.1, 0.15) is 56.9 Å². The molecule has 3 aliphatic rings. The van der Waals surface area contributed by atoms with Gasteiger partial charge in [0.2, 0.25) is 0 Å². The van der Waals surface area contributed by atoms with Gasteiger partial charge in [0.05, 0.1) is 0 Å². The van der Waals surface area contributed by atoms with E-state index in [-0.39, 0.29) is 5.82 Å². The minimum atomic E-state index is -0.113. The quantitative estimate of drug-likeness (QED) is 0.623. The number of piperidine rings is 1. The van der Waals surface area contributed by atoms with Gasteiger partial charge >= 0.3 is 0 Å². The van der Waals surface area contributed by atoms with Gasteiger partial charge in [0.25, 0.3) is 0 Å². The van der Waals surface area contributed by atoms with Crippen molar-refractivity contribution in [2.75, 3.05) is 13.1 Å². The van der Waals surface area contributed by atoms with E-state index >= 15 is 0 Å². The maximum Gasteiger partial charge on any atom is 0.131 e. The Morgan fingerprint density at radius 1 is 0.889 bits per heavy atom. The van der Waals surface area contributed by atoms with E-state index in [2.05, 4.69) is 30.0 Å². The van der Waals surface area contributed by atoms with Crippen LogP contribution in [-0.2, 0) is 0 Å². The number of rotatable bonds is 3. The van der Waals surface area contributed by atoms with Crippen molar-refractivity contribution in [3.05, 3.63) is 59.9 Å². The van der Waals surface area contributed by atoms with Crippen LogP contribution in [0.25, 0.3) is 11.1 Å². The minimum Gasteiger partial charge on any atom is -0.300 e. The number of benzene rings is 2. The van der Waals surface area contributed by atoms with Crippen LogP contribution < -0.4 is 0 Å². The predicted octanol–water partition coefficient (Wildman–Crippen LogP) is 6.25. The Kier molecular flexibility index (Phi) is 4.35. The van der Waals surface area contributed by atoms with Crippen molar-refractivity contribution in [2.24, 2.45) is 11.3 Å². The van der Waals surface area contributed by atoms with E-state index in [4.69, 9.17) is 0 Å². The molecule has 2 heteroatoms. The normalized spacial score (nSPS) is 31.5. The number of likely N-dealkylation sites (tertiary alicyclic amines) is 1. The Labute approximate surface area is 162 Å². The van der Waals surface area contributed by atoms with Crippen molar-refractivity contribution >= 4 is 0 Å². The van der Waals surface area contributed by atoms with Crippen LogP contribution in [0.2, 0.25) is 0 Å². The van der Waals surface area contributed by atoms with Crippen LogP contribution in [0, 0.1) is 17.2 Å². The van der Waals surface area contributed by atoms with E-state index in [0.717, 1.165) is 23.1 Å². The zero-order valence-corrected chi connectivity index (χ0v) is 16.3. The van der Waals surface area contributed by atoms with Gasteiger partial charge in [0.1, 0.15) is 5.82 Å². The average molecular weight is 364 g/mol. The second-order valence-corrected chi connectivity index (χ2v) is 9.46. The Balaban J connectivity index is 1.33. The molecule has 2 aromatic carbocycles. The fraction of sp³-hybridized carbons (Fsp3) is 0.520. The van der Waals surface area contributed by atoms with Gasteiger partial charge < -0.3 is 4.90 Å². The third kappa shape index (κ3) is 3.12. The van der Waals surface area contributed by atoms with Crippen LogP contribution in [-0.4, -0.2) is 24.0 Å². The maximum atomic E-state index is 14.4. The lowest BCUT2D eigenvalue weighted by Crippen LogP contribution is -2.44. The van der Waals surface area contributed by atoms with Gasteiger partial charge in [-0.2, -0.15) is 0 Å². The Morgan fingerprint density at radius 3 is 2.26 bits per heavy atom. The molecule has 2 bridgehead atoms. The lowest BCUT2D eigenvalue weighted by atomic mass is 9.81. The summed E-state index contributed by atoms with van der Waals surface area (Å²) in [4.78, 5) is 2.79. The van der Waals surface area contributed by atoms with E-state index in [1.807, 2.05) is 18.2 Å². The fourth-order valence-corrected chi connectivity index (χ4v) is 6.30. The molecule has 2 saturated carbocycles. The summed E-state index contributed by atoms with van der Waals surface area (Å²) in [6, 6.07) is 16.5. The maximum absolute atomic E-state index is 14.4. The van der Waals surface area contributed by atoms with Crippen LogP contribution in [0.15, 0.2) is 48.5 Å². The van der Waals surface area contributed by atoms with Crippen LogP contribution in [0.4, 0.5) is 4.39 Å². The lowest BCUT2D eigenvalue weighted by molar-refractivity contribution is 0.101. The molecule has 1 aliphatic heterocycles. The van der Waals surface area contributed by atoms with E-state index in [1.54, 1.807) is 12.1 Å². The summed E-state index contributed by atoms with van der Waals surface area (Å²) < 4.78 is 14.4. The van der Waals surface area contributed by atoms with Gasteiger partial charge in [-0.15, -0.1) is 0 Å². The van der Waals surface area contributed by atoms with Crippen molar-refractivity contribution in [2.45, 2.75) is 57.4 Å². The first-order chi connectivity index (χ1) is 13.1. The monoisotopic (exact) mass is 363 g/mol. The molecule has 3 atom stereocenters. The minimum absolute atomic E-state index is 0.113. The van der Waals surface area contributed by atoms with Gasteiger partial charge in [-0.05, 0) is 86.1 Å². The van der Waals surface area contributed by atoms with Crippen LogP contribution in [0.3, 0.4) is 0 Å². The number of halogens is 1.